The van der Waals surface area contributed by atoms with Gasteiger partial charge in [0.2, 0.25) is 0 Å². The van der Waals surface area contributed by atoms with Crippen LogP contribution in [0.15, 0.2) is 48.5 Å². The van der Waals surface area contributed by atoms with Crippen LogP contribution in [-0.4, -0.2) is 22.9 Å². The van der Waals surface area contributed by atoms with Crippen LogP contribution in [0.5, 0.6) is 0 Å². The SMILES string of the molecule is CCOC(=O)c1c(-c2ccc(-c3ccccc3C#N)cc2)c(C#N)c(C(C)=O)n1C. The molecule has 0 unspecified atom stereocenters. The Bertz CT molecular complexity index is 1220. The first kappa shape index (κ1) is 20.6. The molecular formula is C24H19N3O3. The average Bonchev–Trinajstić information content (AvgIpc) is 3.06. The molecule has 1 aromatic heterocycles. The van der Waals surface area contributed by atoms with Gasteiger partial charge in [-0.1, -0.05) is 42.5 Å². The number of hydrogen-bond donors (Lipinski definition) is 0. The number of Topliss-reactive ketones (excluding diaryl/α,β-unsaturated/α-hetero) is 1. The Kier molecular flexibility index (Phi) is 5.80. The van der Waals surface area contributed by atoms with Crippen LogP contribution in [0.2, 0.25) is 0 Å². The lowest BCUT2D eigenvalue weighted by atomic mass is 9.95. The van der Waals surface area contributed by atoms with Crippen molar-refractivity contribution in [3.8, 4) is 34.4 Å². The Hall–Kier alpha value is -4.16. The second-order valence-corrected chi connectivity index (χ2v) is 6.63. The maximum Gasteiger partial charge on any atom is 0.355 e. The third kappa shape index (κ3) is 3.47. The average molecular weight is 397 g/mol. The summed E-state index contributed by atoms with van der Waals surface area (Å²) in [4.78, 5) is 24.8. The Balaban J connectivity index is 2.22. The second-order valence-electron chi connectivity index (χ2n) is 6.63. The van der Waals surface area contributed by atoms with E-state index in [1.807, 2.05) is 24.3 Å². The molecule has 0 aliphatic heterocycles. The van der Waals surface area contributed by atoms with Gasteiger partial charge in [0.1, 0.15) is 17.5 Å². The van der Waals surface area contributed by atoms with Gasteiger partial charge in [-0.2, -0.15) is 10.5 Å². The minimum absolute atomic E-state index is 0.137. The topological polar surface area (TPSA) is 95.9 Å². The normalized spacial score (nSPS) is 10.2. The summed E-state index contributed by atoms with van der Waals surface area (Å²) in [5, 5.41) is 19.1. The van der Waals surface area contributed by atoms with Crippen molar-refractivity contribution >= 4 is 11.8 Å². The molecule has 0 N–H and O–H groups in total. The molecule has 3 aromatic rings. The molecule has 0 saturated carbocycles. The van der Waals surface area contributed by atoms with Gasteiger partial charge in [0.25, 0.3) is 0 Å². The first-order valence-electron chi connectivity index (χ1n) is 9.35. The highest BCUT2D eigenvalue weighted by atomic mass is 16.5. The van der Waals surface area contributed by atoms with E-state index in [0.717, 1.165) is 11.1 Å². The number of benzene rings is 2. The summed E-state index contributed by atoms with van der Waals surface area (Å²) in [6.45, 7) is 3.22. The number of nitriles is 2. The maximum atomic E-state index is 12.6. The van der Waals surface area contributed by atoms with Gasteiger partial charge < -0.3 is 9.30 Å². The third-order valence-corrected chi connectivity index (χ3v) is 4.84. The highest BCUT2D eigenvalue weighted by Crippen LogP contribution is 2.34. The molecule has 1 heterocycles. The summed E-state index contributed by atoms with van der Waals surface area (Å²) in [6.07, 6.45) is 0. The van der Waals surface area contributed by atoms with E-state index in [4.69, 9.17) is 4.74 Å². The molecule has 6 heteroatoms. The van der Waals surface area contributed by atoms with Gasteiger partial charge in [-0.3, -0.25) is 4.79 Å². The number of esters is 1. The van der Waals surface area contributed by atoms with E-state index in [0.29, 0.717) is 16.7 Å². The molecule has 0 saturated heterocycles. The first-order chi connectivity index (χ1) is 14.4. The Morgan fingerprint density at radius 1 is 0.967 bits per heavy atom. The Morgan fingerprint density at radius 2 is 1.60 bits per heavy atom. The summed E-state index contributed by atoms with van der Waals surface area (Å²) >= 11 is 0. The highest BCUT2D eigenvalue weighted by molar-refractivity contribution is 6.05. The zero-order valence-electron chi connectivity index (χ0n) is 16.9. The molecule has 0 aliphatic rings. The van der Waals surface area contributed by atoms with E-state index in [-0.39, 0.29) is 29.3 Å². The molecule has 0 amide bonds. The molecule has 0 aliphatic carbocycles. The van der Waals surface area contributed by atoms with Crippen LogP contribution < -0.4 is 0 Å². The van der Waals surface area contributed by atoms with Crippen LogP contribution in [0.1, 0.15) is 46.0 Å². The molecule has 148 valence electrons. The van der Waals surface area contributed by atoms with Crippen molar-refractivity contribution in [1.29, 1.82) is 10.5 Å². The minimum atomic E-state index is -0.599. The highest BCUT2D eigenvalue weighted by Gasteiger charge is 2.29. The number of rotatable bonds is 5. The van der Waals surface area contributed by atoms with Gasteiger partial charge in [-0.05, 0) is 29.7 Å². The molecular weight excluding hydrogens is 378 g/mol. The van der Waals surface area contributed by atoms with Gasteiger partial charge in [0.15, 0.2) is 5.78 Å². The van der Waals surface area contributed by atoms with Crippen molar-refractivity contribution in [2.24, 2.45) is 7.05 Å². The zero-order chi connectivity index (χ0) is 21.8. The number of ether oxygens (including phenoxy) is 1. The molecule has 6 nitrogen and oxygen atoms in total. The van der Waals surface area contributed by atoms with Crippen LogP contribution in [0.4, 0.5) is 0 Å². The predicted octanol–water partition coefficient (Wildman–Crippen LogP) is 4.48. The fraction of sp³-hybridized carbons (Fsp3) is 0.167. The monoisotopic (exact) mass is 397 g/mol. The largest absolute Gasteiger partial charge is 0.461 e. The number of ketones is 1. The number of carbonyl (C=O) groups is 2. The first-order valence-corrected chi connectivity index (χ1v) is 9.35. The van der Waals surface area contributed by atoms with Crippen LogP contribution in [0.3, 0.4) is 0 Å². The van der Waals surface area contributed by atoms with Crippen molar-refractivity contribution < 1.29 is 14.3 Å². The molecule has 2 aromatic carbocycles. The summed E-state index contributed by atoms with van der Waals surface area (Å²) in [5.41, 5.74) is 3.59. The third-order valence-electron chi connectivity index (χ3n) is 4.84. The van der Waals surface area contributed by atoms with Gasteiger partial charge in [-0.15, -0.1) is 0 Å². The van der Waals surface area contributed by atoms with Gasteiger partial charge in [-0.25, -0.2) is 4.79 Å². The molecule has 0 bridgehead atoms. The second kappa shape index (κ2) is 8.46. The lowest BCUT2D eigenvalue weighted by molar-refractivity contribution is 0.0516. The Labute approximate surface area is 174 Å². The summed E-state index contributed by atoms with van der Waals surface area (Å²) < 4.78 is 6.59. The van der Waals surface area contributed by atoms with Gasteiger partial charge in [0, 0.05) is 19.5 Å². The van der Waals surface area contributed by atoms with E-state index in [9.17, 15) is 20.1 Å². The smallest absolute Gasteiger partial charge is 0.355 e. The predicted molar refractivity (Wildman–Crippen MR) is 112 cm³/mol. The van der Waals surface area contributed by atoms with Crippen LogP contribution in [-0.2, 0) is 11.8 Å². The molecule has 0 atom stereocenters. The molecule has 0 spiro atoms. The van der Waals surface area contributed by atoms with E-state index in [1.165, 1.54) is 11.5 Å². The van der Waals surface area contributed by atoms with E-state index >= 15 is 0 Å². The standard InChI is InChI=1S/C24H19N3O3/c1-4-30-24(29)23-21(20(14-26)22(15(2)28)27(23)3)17-11-9-16(10-12-17)19-8-6-5-7-18(19)13-25/h5-12H,4H2,1-3H3. The van der Waals surface area contributed by atoms with E-state index < -0.39 is 5.97 Å². The number of aromatic nitrogens is 1. The zero-order valence-corrected chi connectivity index (χ0v) is 16.9. The lowest BCUT2D eigenvalue weighted by Crippen LogP contribution is -2.13. The fourth-order valence-corrected chi connectivity index (χ4v) is 3.57. The molecule has 3 rings (SSSR count). The summed E-state index contributed by atoms with van der Waals surface area (Å²) in [7, 11) is 1.57. The number of carbonyl (C=O) groups excluding carboxylic acids is 2. The van der Waals surface area contributed by atoms with Crippen molar-refractivity contribution in [1.82, 2.24) is 4.57 Å². The van der Waals surface area contributed by atoms with Crippen LogP contribution in [0.25, 0.3) is 22.3 Å². The maximum absolute atomic E-state index is 12.6. The molecule has 0 fully saturated rings. The van der Waals surface area contributed by atoms with Crippen LogP contribution in [0, 0.1) is 22.7 Å². The fourth-order valence-electron chi connectivity index (χ4n) is 3.57. The van der Waals surface area contributed by atoms with Crippen molar-refractivity contribution in [2.75, 3.05) is 6.61 Å². The Morgan fingerprint density at radius 3 is 2.17 bits per heavy atom. The van der Waals surface area contributed by atoms with Crippen molar-refractivity contribution in [2.45, 2.75) is 13.8 Å². The van der Waals surface area contributed by atoms with E-state index in [1.54, 1.807) is 38.2 Å². The van der Waals surface area contributed by atoms with Gasteiger partial charge in [0.05, 0.1) is 23.8 Å². The van der Waals surface area contributed by atoms with Gasteiger partial charge >= 0.3 is 5.97 Å². The van der Waals surface area contributed by atoms with Crippen LogP contribution >= 0.6 is 0 Å². The van der Waals surface area contributed by atoms with E-state index in [2.05, 4.69) is 12.1 Å². The molecule has 30 heavy (non-hydrogen) atoms. The minimum Gasteiger partial charge on any atom is -0.461 e. The quantitative estimate of drug-likeness (QED) is 0.467. The summed E-state index contributed by atoms with van der Waals surface area (Å²) in [6, 6.07) is 18.7. The molecule has 0 radical (unpaired) electrons. The lowest BCUT2D eigenvalue weighted by Gasteiger charge is -2.09. The summed E-state index contributed by atoms with van der Waals surface area (Å²) in [5.74, 6) is -0.914. The number of hydrogen-bond acceptors (Lipinski definition) is 5. The van der Waals surface area contributed by atoms with Crippen molar-refractivity contribution in [3.05, 3.63) is 71.0 Å². The number of nitrogens with zero attached hydrogens (tertiary/aromatic N) is 3. The van der Waals surface area contributed by atoms with Crippen molar-refractivity contribution in [3.63, 3.8) is 0 Å².